The molecule has 6 nitrogen and oxygen atoms in total. The van der Waals surface area contributed by atoms with Gasteiger partial charge in [0.2, 0.25) is 5.91 Å². The molecule has 106 valence electrons. The summed E-state index contributed by atoms with van der Waals surface area (Å²) >= 11 is 1.87. The summed E-state index contributed by atoms with van der Waals surface area (Å²) in [7, 11) is 0. The summed E-state index contributed by atoms with van der Waals surface area (Å²) in [4.78, 5) is 24.4. The predicted molar refractivity (Wildman–Crippen MR) is 79.6 cm³/mol. The van der Waals surface area contributed by atoms with Gasteiger partial charge in [0.15, 0.2) is 0 Å². The molecule has 1 aromatic carbocycles. The van der Waals surface area contributed by atoms with Crippen molar-refractivity contribution in [3.63, 3.8) is 0 Å². The molecular formula is C13H15N3O3S. The van der Waals surface area contributed by atoms with Gasteiger partial charge in [0.25, 0.3) is 5.69 Å². The third-order valence-electron chi connectivity index (χ3n) is 3.64. The number of nitro groups is 1. The van der Waals surface area contributed by atoms with E-state index in [9.17, 15) is 14.9 Å². The van der Waals surface area contributed by atoms with E-state index in [2.05, 4.69) is 10.2 Å². The lowest BCUT2D eigenvalue weighted by atomic mass is 10.0. The van der Waals surface area contributed by atoms with Crippen molar-refractivity contribution < 1.29 is 9.72 Å². The fraction of sp³-hybridized carbons (Fsp3) is 0.462. The lowest BCUT2D eigenvalue weighted by Gasteiger charge is -2.29. The SMILES string of the molecule is O=C1CCc2cc(N3CCSCC3)c([N+](=O)[O-])cc2N1. The number of hydrogen-bond donors (Lipinski definition) is 1. The minimum absolute atomic E-state index is 0.0751. The average molecular weight is 293 g/mol. The zero-order valence-electron chi connectivity index (χ0n) is 10.9. The van der Waals surface area contributed by atoms with Crippen LogP contribution in [0.25, 0.3) is 0 Å². The van der Waals surface area contributed by atoms with Crippen LogP contribution in [0, 0.1) is 10.1 Å². The van der Waals surface area contributed by atoms with Gasteiger partial charge < -0.3 is 10.2 Å². The molecule has 2 heterocycles. The van der Waals surface area contributed by atoms with E-state index >= 15 is 0 Å². The van der Waals surface area contributed by atoms with Crippen LogP contribution in [0.5, 0.6) is 0 Å². The molecule has 0 radical (unpaired) electrons. The number of rotatable bonds is 2. The van der Waals surface area contributed by atoms with Gasteiger partial charge in [0.05, 0.1) is 10.6 Å². The number of fused-ring (bicyclic) bond motifs is 1. The molecule has 7 heteroatoms. The molecule has 2 aliphatic heterocycles. The fourth-order valence-corrected chi connectivity index (χ4v) is 3.51. The van der Waals surface area contributed by atoms with Gasteiger partial charge in [-0.15, -0.1) is 0 Å². The first-order valence-corrected chi connectivity index (χ1v) is 7.74. The predicted octanol–water partition coefficient (Wildman–Crippen LogP) is 2.03. The minimum Gasteiger partial charge on any atom is -0.364 e. The molecule has 0 atom stereocenters. The topological polar surface area (TPSA) is 75.5 Å². The number of aryl methyl sites for hydroxylation is 1. The van der Waals surface area contributed by atoms with Gasteiger partial charge in [-0.05, 0) is 18.1 Å². The van der Waals surface area contributed by atoms with Gasteiger partial charge in [-0.1, -0.05) is 0 Å². The highest BCUT2D eigenvalue weighted by Crippen LogP contribution is 2.37. The first-order chi connectivity index (χ1) is 9.65. The quantitative estimate of drug-likeness (QED) is 0.667. The van der Waals surface area contributed by atoms with Crippen LogP contribution in [0.2, 0.25) is 0 Å². The first-order valence-electron chi connectivity index (χ1n) is 6.59. The Morgan fingerprint density at radius 2 is 2.00 bits per heavy atom. The third-order valence-corrected chi connectivity index (χ3v) is 4.59. The maximum atomic E-state index is 11.4. The fourth-order valence-electron chi connectivity index (χ4n) is 2.61. The van der Waals surface area contributed by atoms with Crippen molar-refractivity contribution >= 4 is 34.7 Å². The highest BCUT2D eigenvalue weighted by atomic mass is 32.2. The van der Waals surface area contributed by atoms with Crippen LogP contribution in [-0.2, 0) is 11.2 Å². The second-order valence-corrected chi connectivity index (χ2v) is 6.13. The molecule has 0 unspecified atom stereocenters. The molecule has 1 N–H and O–H groups in total. The third kappa shape index (κ3) is 2.45. The Morgan fingerprint density at radius 3 is 2.70 bits per heavy atom. The van der Waals surface area contributed by atoms with E-state index < -0.39 is 0 Å². The van der Waals surface area contributed by atoms with Gasteiger partial charge in [-0.25, -0.2) is 0 Å². The first kappa shape index (κ1) is 13.2. The maximum Gasteiger partial charge on any atom is 0.294 e. The van der Waals surface area contributed by atoms with E-state index in [1.807, 2.05) is 17.8 Å². The van der Waals surface area contributed by atoms with Gasteiger partial charge >= 0.3 is 0 Å². The Kier molecular flexibility index (Phi) is 3.52. The highest BCUT2D eigenvalue weighted by molar-refractivity contribution is 7.99. The van der Waals surface area contributed by atoms with E-state index in [0.717, 1.165) is 30.2 Å². The summed E-state index contributed by atoms with van der Waals surface area (Å²) in [6.07, 6.45) is 1.09. The molecule has 1 aromatic rings. The molecule has 2 aliphatic rings. The number of anilines is 2. The summed E-state index contributed by atoms with van der Waals surface area (Å²) in [6, 6.07) is 3.38. The minimum atomic E-state index is -0.363. The van der Waals surface area contributed by atoms with Crippen molar-refractivity contribution in [1.29, 1.82) is 0 Å². The largest absolute Gasteiger partial charge is 0.364 e. The number of nitro benzene ring substituents is 1. The normalized spacial score (nSPS) is 18.4. The molecule has 3 rings (SSSR count). The Labute approximate surface area is 120 Å². The van der Waals surface area contributed by atoms with Crippen molar-refractivity contribution in [2.75, 3.05) is 34.8 Å². The van der Waals surface area contributed by atoms with Crippen LogP contribution in [0.3, 0.4) is 0 Å². The standard InChI is InChI=1S/C13H15N3O3S/c17-13-2-1-9-7-11(15-3-5-20-6-4-15)12(16(18)19)8-10(9)14-13/h7-8H,1-6H2,(H,14,17). The number of carbonyl (C=O) groups excluding carboxylic acids is 1. The molecule has 0 bridgehead atoms. The van der Waals surface area contributed by atoms with Crippen LogP contribution in [0.4, 0.5) is 17.1 Å². The Balaban J connectivity index is 2.03. The van der Waals surface area contributed by atoms with E-state index in [4.69, 9.17) is 0 Å². The van der Waals surface area contributed by atoms with Crippen LogP contribution in [0.15, 0.2) is 12.1 Å². The Morgan fingerprint density at radius 1 is 1.25 bits per heavy atom. The summed E-state index contributed by atoms with van der Waals surface area (Å²) in [5, 5.41) is 14.0. The smallest absolute Gasteiger partial charge is 0.294 e. The van der Waals surface area contributed by atoms with Crippen LogP contribution < -0.4 is 10.2 Å². The lowest BCUT2D eigenvalue weighted by molar-refractivity contribution is -0.384. The highest BCUT2D eigenvalue weighted by Gasteiger charge is 2.26. The number of hydrogen-bond acceptors (Lipinski definition) is 5. The summed E-state index contributed by atoms with van der Waals surface area (Å²) in [5.41, 5.74) is 2.34. The molecule has 0 aromatic heterocycles. The summed E-state index contributed by atoms with van der Waals surface area (Å²) < 4.78 is 0. The molecule has 1 saturated heterocycles. The molecule has 20 heavy (non-hydrogen) atoms. The van der Waals surface area contributed by atoms with Crippen molar-refractivity contribution in [2.45, 2.75) is 12.8 Å². The molecule has 0 aliphatic carbocycles. The van der Waals surface area contributed by atoms with E-state index in [1.54, 1.807) is 0 Å². The molecule has 1 fully saturated rings. The number of nitrogens with zero attached hydrogens (tertiary/aromatic N) is 2. The average Bonchev–Trinajstić information content (AvgIpc) is 2.46. The molecule has 1 amide bonds. The Bertz CT molecular complexity index is 570. The zero-order chi connectivity index (χ0) is 14.1. The maximum absolute atomic E-state index is 11.4. The van der Waals surface area contributed by atoms with Crippen molar-refractivity contribution in [3.8, 4) is 0 Å². The second kappa shape index (κ2) is 5.32. The molecule has 0 spiro atoms. The summed E-state index contributed by atoms with van der Waals surface area (Å²) in [6.45, 7) is 1.66. The van der Waals surface area contributed by atoms with Gasteiger partial charge in [0, 0.05) is 37.1 Å². The monoisotopic (exact) mass is 293 g/mol. The molecular weight excluding hydrogens is 278 g/mol. The second-order valence-electron chi connectivity index (χ2n) is 4.90. The van der Waals surface area contributed by atoms with Crippen LogP contribution >= 0.6 is 11.8 Å². The lowest BCUT2D eigenvalue weighted by Crippen LogP contribution is -2.33. The molecule has 0 saturated carbocycles. The van der Waals surface area contributed by atoms with E-state index in [0.29, 0.717) is 24.2 Å². The van der Waals surface area contributed by atoms with E-state index in [1.165, 1.54) is 6.07 Å². The number of carbonyl (C=O) groups is 1. The number of amides is 1. The van der Waals surface area contributed by atoms with Crippen molar-refractivity contribution in [2.24, 2.45) is 0 Å². The Hall–Kier alpha value is -1.76. The number of nitrogens with one attached hydrogen (secondary N) is 1. The van der Waals surface area contributed by atoms with Crippen molar-refractivity contribution in [1.82, 2.24) is 0 Å². The number of thioether (sulfide) groups is 1. The van der Waals surface area contributed by atoms with Crippen molar-refractivity contribution in [3.05, 3.63) is 27.8 Å². The number of benzene rings is 1. The van der Waals surface area contributed by atoms with Gasteiger partial charge in [0.1, 0.15) is 5.69 Å². The van der Waals surface area contributed by atoms with Gasteiger partial charge in [-0.2, -0.15) is 11.8 Å². The van der Waals surface area contributed by atoms with Crippen LogP contribution in [0.1, 0.15) is 12.0 Å². The van der Waals surface area contributed by atoms with Crippen LogP contribution in [-0.4, -0.2) is 35.4 Å². The van der Waals surface area contributed by atoms with Gasteiger partial charge in [-0.3, -0.25) is 14.9 Å². The zero-order valence-corrected chi connectivity index (χ0v) is 11.7. The van der Waals surface area contributed by atoms with E-state index in [-0.39, 0.29) is 16.5 Å². The summed E-state index contributed by atoms with van der Waals surface area (Å²) in [5.74, 6) is 1.91.